The number of carbonyl (C=O) groups excluding carboxylic acids is 1. The van der Waals surface area contributed by atoms with E-state index < -0.39 is 0 Å². The third-order valence-corrected chi connectivity index (χ3v) is 2.52. The van der Waals surface area contributed by atoms with Gasteiger partial charge in [0.15, 0.2) is 5.78 Å². The van der Waals surface area contributed by atoms with Gasteiger partial charge in [-0.05, 0) is 24.3 Å². The minimum Gasteiger partial charge on any atom is -0.353 e. The zero-order valence-corrected chi connectivity index (χ0v) is 9.97. The number of anilines is 2. The Morgan fingerprint density at radius 3 is 2.53 bits per heavy atom. The fourth-order valence-electron chi connectivity index (χ4n) is 1.60. The smallest absolute Gasteiger partial charge is 0.162 e. The minimum atomic E-state index is 0.165. The van der Waals surface area contributed by atoms with E-state index in [-0.39, 0.29) is 5.78 Å². The highest BCUT2D eigenvalue weighted by Gasteiger charge is 2.02. The topological polar surface area (TPSA) is 46.9 Å². The number of hydrogen-bond acceptors (Lipinski definition) is 3. The molecule has 4 nitrogen and oxygen atoms in total. The SMILES string of the molecule is CCC(=O)c1ccc(Nc2cnn(C)c2)cc1. The fourth-order valence-corrected chi connectivity index (χ4v) is 1.60. The van der Waals surface area contributed by atoms with Gasteiger partial charge < -0.3 is 5.32 Å². The molecule has 0 saturated heterocycles. The molecule has 0 atom stereocenters. The molecule has 0 saturated carbocycles. The van der Waals surface area contributed by atoms with Crippen molar-refractivity contribution in [2.24, 2.45) is 7.05 Å². The number of Topliss-reactive ketones (excluding diaryl/α,β-unsaturated/α-hetero) is 1. The highest BCUT2D eigenvalue weighted by Crippen LogP contribution is 2.16. The molecule has 0 aliphatic rings. The molecule has 0 aliphatic carbocycles. The summed E-state index contributed by atoms with van der Waals surface area (Å²) in [6.07, 6.45) is 4.19. The van der Waals surface area contributed by atoms with E-state index in [1.54, 1.807) is 10.9 Å². The Labute approximate surface area is 100 Å². The maximum Gasteiger partial charge on any atom is 0.162 e. The van der Waals surface area contributed by atoms with Crippen LogP contribution in [0.5, 0.6) is 0 Å². The van der Waals surface area contributed by atoms with Crippen LogP contribution in [0.4, 0.5) is 11.4 Å². The second-order valence-electron chi connectivity index (χ2n) is 3.88. The van der Waals surface area contributed by atoms with E-state index in [1.807, 2.05) is 44.4 Å². The zero-order valence-electron chi connectivity index (χ0n) is 9.97. The predicted molar refractivity (Wildman–Crippen MR) is 67.6 cm³/mol. The molecule has 1 N–H and O–H groups in total. The van der Waals surface area contributed by atoms with Gasteiger partial charge in [0.05, 0.1) is 11.9 Å². The van der Waals surface area contributed by atoms with Crippen molar-refractivity contribution in [3.8, 4) is 0 Å². The average molecular weight is 229 g/mol. The Kier molecular flexibility index (Phi) is 3.23. The summed E-state index contributed by atoms with van der Waals surface area (Å²) in [5, 5.41) is 7.29. The molecule has 0 radical (unpaired) electrons. The Morgan fingerprint density at radius 2 is 2.00 bits per heavy atom. The van der Waals surface area contributed by atoms with Crippen molar-refractivity contribution in [1.29, 1.82) is 0 Å². The van der Waals surface area contributed by atoms with Gasteiger partial charge in [-0.1, -0.05) is 6.92 Å². The van der Waals surface area contributed by atoms with Crippen molar-refractivity contribution in [2.75, 3.05) is 5.32 Å². The van der Waals surface area contributed by atoms with E-state index >= 15 is 0 Å². The van der Waals surface area contributed by atoms with Crippen molar-refractivity contribution >= 4 is 17.2 Å². The van der Waals surface area contributed by atoms with Crippen LogP contribution in [-0.2, 0) is 7.05 Å². The molecular formula is C13H15N3O. The summed E-state index contributed by atoms with van der Waals surface area (Å²) in [5.74, 6) is 0.165. The van der Waals surface area contributed by atoms with E-state index in [1.165, 1.54) is 0 Å². The van der Waals surface area contributed by atoms with E-state index in [0.717, 1.165) is 16.9 Å². The van der Waals surface area contributed by atoms with Gasteiger partial charge in [-0.3, -0.25) is 9.48 Å². The number of rotatable bonds is 4. The summed E-state index contributed by atoms with van der Waals surface area (Å²) in [7, 11) is 1.87. The number of carbonyl (C=O) groups is 1. The van der Waals surface area contributed by atoms with Crippen LogP contribution in [0.25, 0.3) is 0 Å². The van der Waals surface area contributed by atoms with Crippen molar-refractivity contribution in [1.82, 2.24) is 9.78 Å². The number of nitrogens with zero attached hydrogens (tertiary/aromatic N) is 2. The monoisotopic (exact) mass is 229 g/mol. The van der Waals surface area contributed by atoms with Crippen LogP contribution in [0.2, 0.25) is 0 Å². The lowest BCUT2D eigenvalue weighted by Crippen LogP contribution is -1.96. The van der Waals surface area contributed by atoms with E-state index in [0.29, 0.717) is 6.42 Å². The zero-order chi connectivity index (χ0) is 12.3. The van der Waals surface area contributed by atoms with Crippen LogP contribution in [0.3, 0.4) is 0 Å². The molecule has 1 aromatic heterocycles. The molecule has 88 valence electrons. The summed E-state index contributed by atoms with van der Waals surface area (Å²) in [6.45, 7) is 1.87. The largest absolute Gasteiger partial charge is 0.353 e. The maximum atomic E-state index is 11.5. The first-order valence-corrected chi connectivity index (χ1v) is 5.58. The first-order valence-electron chi connectivity index (χ1n) is 5.58. The highest BCUT2D eigenvalue weighted by molar-refractivity contribution is 5.96. The molecule has 0 fully saturated rings. The summed E-state index contributed by atoms with van der Waals surface area (Å²) in [6, 6.07) is 7.47. The lowest BCUT2D eigenvalue weighted by atomic mass is 10.1. The minimum absolute atomic E-state index is 0.165. The quantitative estimate of drug-likeness (QED) is 0.820. The molecule has 17 heavy (non-hydrogen) atoms. The van der Waals surface area contributed by atoms with Gasteiger partial charge in [0.25, 0.3) is 0 Å². The number of ketones is 1. The molecule has 0 spiro atoms. The number of hydrogen-bond donors (Lipinski definition) is 1. The molecule has 0 unspecified atom stereocenters. The van der Waals surface area contributed by atoms with Crippen LogP contribution in [0, 0.1) is 0 Å². The molecule has 1 heterocycles. The van der Waals surface area contributed by atoms with Crippen molar-refractivity contribution < 1.29 is 4.79 Å². The predicted octanol–water partition coefficient (Wildman–Crippen LogP) is 2.76. The second-order valence-corrected chi connectivity index (χ2v) is 3.88. The molecular weight excluding hydrogens is 214 g/mol. The van der Waals surface area contributed by atoms with E-state index in [9.17, 15) is 4.79 Å². The third-order valence-electron chi connectivity index (χ3n) is 2.52. The molecule has 0 bridgehead atoms. The first kappa shape index (κ1) is 11.4. The van der Waals surface area contributed by atoms with Crippen molar-refractivity contribution in [3.63, 3.8) is 0 Å². The van der Waals surface area contributed by atoms with Crippen molar-refractivity contribution in [2.45, 2.75) is 13.3 Å². The van der Waals surface area contributed by atoms with Crippen LogP contribution in [0.1, 0.15) is 23.7 Å². The third kappa shape index (κ3) is 2.72. The van der Waals surface area contributed by atoms with Crippen LogP contribution in [-0.4, -0.2) is 15.6 Å². The van der Waals surface area contributed by atoms with Gasteiger partial charge in [0.2, 0.25) is 0 Å². The lowest BCUT2D eigenvalue weighted by Gasteiger charge is -2.04. The maximum absolute atomic E-state index is 11.5. The molecule has 2 rings (SSSR count). The number of benzene rings is 1. The van der Waals surface area contributed by atoms with Gasteiger partial charge in [0.1, 0.15) is 0 Å². The fraction of sp³-hybridized carbons (Fsp3) is 0.231. The average Bonchev–Trinajstić information content (AvgIpc) is 2.75. The molecule has 0 amide bonds. The molecule has 4 heteroatoms. The first-order chi connectivity index (χ1) is 8.19. The van der Waals surface area contributed by atoms with Gasteiger partial charge in [-0.15, -0.1) is 0 Å². The molecule has 2 aromatic rings. The van der Waals surface area contributed by atoms with Gasteiger partial charge >= 0.3 is 0 Å². The Balaban J connectivity index is 2.10. The summed E-state index contributed by atoms with van der Waals surface area (Å²) in [4.78, 5) is 11.5. The van der Waals surface area contributed by atoms with Crippen LogP contribution >= 0.6 is 0 Å². The Bertz CT molecular complexity index is 514. The highest BCUT2D eigenvalue weighted by atomic mass is 16.1. The second kappa shape index (κ2) is 4.82. The van der Waals surface area contributed by atoms with Crippen LogP contribution < -0.4 is 5.32 Å². The standard InChI is InChI=1S/C13H15N3O/c1-3-13(17)10-4-6-11(7-5-10)15-12-8-14-16(2)9-12/h4-9,15H,3H2,1-2H3. The number of aryl methyl sites for hydroxylation is 1. The van der Waals surface area contributed by atoms with E-state index in [4.69, 9.17) is 0 Å². The summed E-state index contributed by atoms with van der Waals surface area (Å²) >= 11 is 0. The van der Waals surface area contributed by atoms with Gasteiger partial charge in [0, 0.05) is 30.9 Å². The number of nitrogens with one attached hydrogen (secondary N) is 1. The Morgan fingerprint density at radius 1 is 1.29 bits per heavy atom. The van der Waals surface area contributed by atoms with Crippen molar-refractivity contribution in [3.05, 3.63) is 42.2 Å². The molecule has 0 aliphatic heterocycles. The van der Waals surface area contributed by atoms with Gasteiger partial charge in [-0.2, -0.15) is 5.10 Å². The lowest BCUT2D eigenvalue weighted by molar-refractivity contribution is 0.0988. The Hall–Kier alpha value is -2.10. The van der Waals surface area contributed by atoms with E-state index in [2.05, 4.69) is 10.4 Å². The summed E-state index contributed by atoms with van der Waals surface area (Å²) < 4.78 is 1.73. The number of aromatic nitrogens is 2. The van der Waals surface area contributed by atoms with Gasteiger partial charge in [-0.25, -0.2) is 0 Å². The summed E-state index contributed by atoms with van der Waals surface area (Å²) in [5.41, 5.74) is 2.64. The molecule has 1 aromatic carbocycles. The van der Waals surface area contributed by atoms with Crippen LogP contribution in [0.15, 0.2) is 36.7 Å². The normalized spacial score (nSPS) is 10.2.